The maximum absolute atomic E-state index is 13.7. The highest BCUT2D eigenvalue weighted by Crippen LogP contribution is 2.35. The third-order valence-corrected chi connectivity index (χ3v) is 2.47. The maximum atomic E-state index is 13.7. The predicted octanol–water partition coefficient (Wildman–Crippen LogP) is 4.65. The third-order valence-electron chi connectivity index (χ3n) is 2.47. The van der Waals surface area contributed by atoms with Gasteiger partial charge < -0.3 is 0 Å². The summed E-state index contributed by atoms with van der Waals surface area (Å²) in [6.45, 7) is 0. The molecule has 2 rings (SSSR count). The summed E-state index contributed by atoms with van der Waals surface area (Å²) in [4.78, 5) is 0. The summed E-state index contributed by atoms with van der Waals surface area (Å²) in [5.74, 6) is -2.23. The quantitative estimate of drug-likeness (QED) is 0.653. The first-order valence-corrected chi connectivity index (χ1v) is 5.02. The number of halogens is 5. The van der Waals surface area contributed by atoms with Crippen molar-refractivity contribution in [3.05, 3.63) is 59.7 Å². The molecule has 0 aliphatic carbocycles. The Hall–Kier alpha value is -1.91. The van der Waals surface area contributed by atoms with Crippen molar-refractivity contribution in [2.24, 2.45) is 0 Å². The van der Waals surface area contributed by atoms with Gasteiger partial charge in [-0.05, 0) is 12.1 Å². The van der Waals surface area contributed by atoms with Crippen LogP contribution in [0.5, 0.6) is 0 Å². The highest BCUT2D eigenvalue weighted by molar-refractivity contribution is 5.65. The van der Waals surface area contributed by atoms with E-state index in [1.807, 2.05) is 0 Å². The minimum Gasteiger partial charge on any atom is -0.206 e. The molecule has 2 aromatic carbocycles. The molecule has 0 atom stereocenters. The van der Waals surface area contributed by atoms with Crippen molar-refractivity contribution in [1.82, 2.24) is 0 Å². The van der Waals surface area contributed by atoms with Crippen molar-refractivity contribution in [2.75, 3.05) is 0 Å². The zero-order chi connectivity index (χ0) is 13.3. The van der Waals surface area contributed by atoms with E-state index in [0.29, 0.717) is 6.07 Å². The largest absolute Gasteiger partial charge is 0.419 e. The number of benzene rings is 2. The highest BCUT2D eigenvalue weighted by Gasteiger charge is 2.35. The Kier molecular flexibility index (Phi) is 3.07. The molecular weight excluding hydrogens is 251 g/mol. The van der Waals surface area contributed by atoms with Gasteiger partial charge in [-0.2, -0.15) is 13.2 Å². The fourth-order valence-electron chi connectivity index (χ4n) is 1.64. The molecule has 0 aromatic heterocycles. The van der Waals surface area contributed by atoms with Gasteiger partial charge in [0.05, 0.1) is 5.56 Å². The van der Waals surface area contributed by atoms with Gasteiger partial charge in [0.25, 0.3) is 0 Å². The van der Waals surface area contributed by atoms with Gasteiger partial charge in [-0.3, -0.25) is 0 Å². The summed E-state index contributed by atoms with van der Waals surface area (Å²) in [6, 6.07) is 7.89. The number of alkyl halides is 3. The number of rotatable bonds is 1. The minimum atomic E-state index is -4.80. The first-order valence-electron chi connectivity index (χ1n) is 5.02. The van der Waals surface area contributed by atoms with Crippen molar-refractivity contribution in [3.63, 3.8) is 0 Å². The summed E-state index contributed by atoms with van der Waals surface area (Å²) in [7, 11) is 0. The van der Waals surface area contributed by atoms with E-state index in [1.165, 1.54) is 18.2 Å². The molecule has 0 heterocycles. The summed E-state index contributed by atoms with van der Waals surface area (Å²) in [5.41, 5.74) is -1.99. The molecule has 0 bridgehead atoms. The van der Waals surface area contributed by atoms with Gasteiger partial charge in [-0.15, -0.1) is 0 Å². The van der Waals surface area contributed by atoms with Crippen LogP contribution in [0.4, 0.5) is 22.0 Å². The second-order valence-electron chi connectivity index (χ2n) is 3.64. The Morgan fingerprint density at radius 2 is 1.33 bits per heavy atom. The first-order chi connectivity index (χ1) is 8.41. The van der Waals surface area contributed by atoms with Crippen molar-refractivity contribution >= 4 is 0 Å². The second kappa shape index (κ2) is 4.40. The summed E-state index contributed by atoms with van der Waals surface area (Å²) in [5, 5.41) is 0. The molecule has 0 unspecified atom stereocenters. The summed E-state index contributed by atoms with van der Waals surface area (Å²) < 4.78 is 64.7. The molecule has 0 saturated heterocycles. The fourth-order valence-corrected chi connectivity index (χ4v) is 1.64. The molecule has 0 aliphatic heterocycles. The van der Waals surface area contributed by atoms with Crippen molar-refractivity contribution < 1.29 is 22.0 Å². The van der Waals surface area contributed by atoms with Crippen molar-refractivity contribution in [2.45, 2.75) is 6.18 Å². The number of hydrogen-bond acceptors (Lipinski definition) is 0. The monoisotopic (exact) mass is 258 g/mol. The zero-order valence-electron chi connectivity index (χ0n) is 8.93. The van der Waals surface area contributed by atoms with Gasteiger partial charge >= 0.3 is 6.18 Å². The van der Waals surface area contributed by atoms with Crippen LogP contribution in [0.1, 0.15) is 5.56 Å². The lowest BCUT2D eigenvalue weighted by molar-refractivity contribution is -0.139. The van der Waals surface area contributed by atoms with E-state index in [0.717, 1.165) is 18.2 Å². The standard InChI is InChI=1S/C13H7F5/c14-11-7-2-1-4-8(11)9-5-3-6-10(12(9)15)13(16,17)18/h1-7H. The summed E-state index contributed by atoms with van der Waals surface area (Å²) in [6.07, 6.45) is -4.80. The molecule has 0 spiro atoms. The molecule has 2 aromatic rings. The normalized spacial score (nSPS) is 11.6. The van der Waals surface area contributed by atoms with Crippen LogP contribution in [0, 0.1) is 11.6 Å². The van der Waals surface area contributed by atoms with Gasteiger partial charge in [0.2, 0.25) is 0 Å². The Morgan fingerprint density at radius 1 is 0.722 bits per heavy atom. The van der Waals surface area contributed by atoms with Crippen LogP contribution in [-0.2, 0) is 6.18 Å². The average molecular weight is 258 g/mol. The second-order valence-corrected chi connectivity index (χ2v) is 3.64. The molecule has 0 amide bonds. The number of hydrogen-bond donors (Lipinski definition) is 0. The SMILES string of the molecule is Fc1ccccc1-c1cccc(C(F)(F)F)c1F. The molecule has 94 valence electrons. The topological polar surface area (TPSA) is 0 Å². The van der Waals surface area contributed by atoms with Gasteiger partial charge in [0.1, 0.15) is 11.6 Å². The van der Waals surface area contributed by atoms with Crippen molar-refractivity contribution in [3.8, 4) is 11.1 Å². The third kappa shape index (κ3) is 2.20. The van der Waals surface area contributed by atoms with Gasteiger partial charge in [-0.1, -0.05) is 30.3 Å². The Morgan fingerprint density at radius 3 is 1.94 bits per heavy atom. The zero-order valence-corrected chi connectivity index (χ0v) is 8.93. The van der Waals surface area contributed by atoms with Crippen LogP contribution in [0.25, 0.3) is 11.1 Å². The van der Waals surface area contributed by atoms with E-state index in [-0.39, 0.29) is 5.56 Å². The minimum absolute atomic E-state index is 0.193. The maximum Gasteiger partial charge on any atom is 0.419 e. The Labute approximate surface area is 99.7 Å². The Balaban J connectivity index is 2.64. The molecule has 0 aliphatic rings. The molecule has 0 N–H and O–H groups in total. The molecule has 18 heavy (non-hydrogen) atoms. The van der Waals surface area contributed by atoms with Crippen LogP contribution in [0.15, 0.2) is 42.5 Å². The summed E-state index contributed by atoms with van der Waals surface area (Å²) >= 11 is 0. The van der Waals surface area contributed by atoms with E-state index in [2.05, 4.69) is 0 Å². The lowest BCUT2D eigenvalue weighted by atomic mass is 10.0. The van der Waals surface area contributed by atoms with E-state index in [4.69, 9.17) is 0 Å². The lowest BCUT2D eigenvalue weighted by Crippen LogP contribution is -2.08. The van der Waals surface area contributed by atoms with E-state index in [9.17, 15) is 22.0 Å². The lowest BCUT2D eigenvalue weighted by Gasteiger charge is -2.11. The molecule has 0 radical (unpaired) electrons. The van der Waals surface area contributed by atoms with E-state index < -0.39 is 28.9 Å². The molecular formula is C13H7F5. The average Bonchev–Trinajstić information content (AvgIpc) is 2.29. The molecule has 0 nitrogen and oxygen atoms in total. The van der Waals surface area contributed by atoms with Gasteiger partial charge in [0.15, 0.2) is 0 Å². The van der Waals surface area contributed by atoms with Crippen LogP contribution in [0.3, 0.4) is 0 Å². The highest BCUT2D eigenvalue weighted by atomic mass is 19.4. The molecule has 5 heteroatoms. The van der Waals surface area contributed by atoms with Crippen LogP contribution >= 0.6 is 0 Å². The molecule has 0 fully saturated rings. The van der Waals surface area contributed by atoms with E-state index >= 15 is 0 Å². The van der Waals surface area contributed by atoms with Crippen molar-refractivity contribution in [1.29, 1.82) is 0 Å². The van der Waals surface area contributed by atoms with Crippen LogP contribution < -0.4 is 0 Å². The van der Waals surface area contributed by atoms with E-state index in [1.54, 1.807) is 0 Å². The Bertz CT molecular complexity index is 572. The van der Waals surface area contributed by atoms with Crippen LogP contribution in [0.2, 0.25) is 0 Å². The van der Waals surface area contributed by atoms with Crippen LogP contribution in [-0.4, -0.2) is 0 Å². The first kappa shape index (κ1) is 12.5. The smallest absolute Gasteiger partial charge is 0.206 e. The van der Waals surface area contributed by atoms with Gasteiger partial charge in [-0.25, -0.2) is 8.78 Å². The fraction of sp³-hybridized carbons (Fsp3) is 0.0769. The predicted molar refractivity (Wildman–Crippen MR) is 56.8 cm³/mol. The van der Waals surface area contributed by atoms with Gasteiger partial charge in [0, 0.05) is 11.1 Å². The molecule has 0 saturated carbocycles.